The average Bonchev–Trinajstić information content (AvgIpc) is 2.44. The number of carbonyl (C=O) groups excluding carboxylic acids is 1. The summed E-state index contributed by atoms with van der Waals surface area (Å²) >= 11 is 0. The molecular weight excluding hydrogens is 266 g/mol. The average molecular weight is 278 g/mol. The minimum absolute atomic E-state index is 0.362. The van der Waals surface area contributed by atoms with Crippen molar-refractivity contribution in [3.8, 4) is 5.88 Å². The van der Waals surface area contributed by atoms with Gasteiger partial charge < -0.3 is 10.1 Å². The third-order valence-electron chi connectivity index (χ3n) is 2.48. The van der Waals surface area contributed by atoms with Crippen LogP contribution >= 0.6 is 0 Å². The largest absolute Gasteiger partial charge is 0.478 e. The number of halogens is 2. The first-order valence-corrected chi connectivity index (χ1v) is 5.96. The SMILES string of the molecule is CCOc1ccc(NC(=O)c2cccc(F)c2F)cn1. The lowest BCUT2D eigenvalue weighted by atomic mass is 10.2. The topological polar surface area (TPSA) is 51.2 Å². The Morgan fingerprint density at radius 2 is 2.10 bits per heavy atom. The van der Waals surface area contributed by atoms with Crippen molar-refractivity contribution in [2.75, 3.05) is 11.9 Å². The number of aromatic nitrogens is 1. The summed E-state index contributed by atoms with van der Waals surface area (Å²) in [5, 5.41) is 2.43. The molecule has 1 amide bonds. The first kappa shape index (κ1) is 13.9. The summed E-state index contributed by atoms with van der Waals surface area (Å²) in [6.45, 7) is 2.30. The van der Waals surface area contributed by atoms with Crippen LogP contribution in [0.5, 0.6) is 5.88 Å². The highest BCUT2D eigenvalue weighted by Gasteiger charge is 2.15. The number of nitrogens with zero attached hydrogens (tertiary/aromatic N) is 1. The summed E-state index contributed by atoms with van der Waals surface area (Å²) < 4.78 is 31.6. The summed E-state index contributed by atoms with van der Waals surface area (Å²) in [7, 11) is 0. The quantitative estimate of drug-likeness (QED) is 0.935. The number of anilines is 1. The van der Waals surface area contributed by atoms with Gasteiger partial charge in [-0.05, 0) is 25.1 Å². The molecule has 0 atom stereocenters. The Kier molecular flexibility index (Phi) is 4.24. The van der Waals surface area contributed by atoms with E-state index >= 15 is 0 Å². The van der Waals surface area contributed by atoms with E-state index in [2.05, 4.69) is 10.3 Å². The molecule has 1 heterocycles. The predicted octanol–water partition coefficient (Wildman–Crippen LogP) is 3.01. The van der Waals surface area contributed by atoms with Gasteiger partial charge in [0, 0.05) is 6.07 Å². The molecule has 6 heteroatoms. The number of nitrogens with one attached hydrogen (secondary N) is 1. The second kappa shape index (κ2) is 6.10. The summed E-state index contributed by atoms with van der Waals surface area (Å²) in [5.41, 5.74) is 0.000925. The van der Waals surface area contributed by atoms with Gasteiger partial charge in [0.1, 0.15) is 0 Å². The third kappa shape index (κ3) is 3.09. The standard InChI is InChI=1S/C14H12F2N2O2/c1-2-20-12-7-6-9(8-17-12)18-14(19)10-4-3-5-11(15)13(10)16/h3-8H,2H2,1H3,(H,18,19). The number of hydrogen-bond acceptors (Lipinski definition) is 3. The van der Waals surface area contributed by atoms with Crippen molar-refractivity contribution in [2.24, 2.45) is 0 Å². The van der Waals surface area contributed by atoms with Gasteiger partial charge in [-0.3, -0.25) is 4.79 Å². The number of amides is 1. The maximum absolute atomic E-state index is 13.4. The van der Waals surface area contributed by atoms with Crippen molar-refractivity contribution in [3.05, 3.63) is 53.7 Å². The minimum Gasteiger partial charge on any atom is -0.478 e. The zero-order valence-electron chi connectivity index (χ0n) is 10.7. The maximum atomic E-state index is 13.4. The molecule has 1 N–H and O–H groups in total. The Morgan fingerprint density at radius 1 is 1.30 bits per heavy atom. The van der Waals surface area contributed by atoms with Crippen molar-refractivity contribution in [1.29, 1.82) is 0 Å². The molecule has 0 saturated heterocycles. The summed E-state index contributed by atoms with van der Waals surface area (Å²) in [5.74, 6) is -2.57. The molecule has 0 aliphatic carbocycles. The molecule has 0 unspecified atom stereocenters. The van der Waals surface area contributed by atoms with Crippen LogP contribution in [0, 0.1) is 11.6 Å². The van der Waals surface area contributed by atoms with E-state index in [0.717, 1.165) is 6.07 Å². The zero-order valence-corrected chi connectivity index (χ0v) is 10.7. The van der Waals surface area contributed by atoms with Crippen molar-refractivity contribution >= 4 is 11.6 Å². The van der Waals surface area contributed by atoms with E-state index in [1.54, 1.807) is 12.1 Å². The lowest BCUT2D eigenvalue weighted by Gasteiger charge is -2.07. The Morgan fingerprint density at radius 3 is 2.75 bits per heavy atom. The molecule has 0 fully saturated rings. The van der Waals surface area contributed by atoms with Crippen LogP contribution in [0.15, 0.2) is 36.5 Å². The second-order valence-electron chi connectivity index (χ2n) is 3.87. The summed E-state index contributed by atoms with van der Waals surface area (Å²) in [4.78, 5) is 15.8. The zero-order chi connectivity index (χ0) is 14.5. The van der Waals surface area contributed by atoms with Crippen LogP contribution in [0.25, 0.3) is 0 Å². The van der Waals surface area contributed by atoms with Crippen molar-refractivity contribution in [2.45, 2.75) is 6.92 Å². The fraction of sp³-hybridized carbons (Fsp3) is 0.143. The van der Waals surface area contributed by atoms with Crippen LogP contribution in [-0.2, 0) is 0 Å². The summed E-state index contributed by atoms with van der Waals surface area (Å²) in [6, 6.07) is 6.55. The van der Waals surface area contributed by atoms with Gasteiger partial charge in [0.05, 0.1) is 24.1 Å². The van der Waals surface area contributed by atoms with E-state index in [4.69, 9.17) is 4.74 Å². The predicted molar refractivity (Wildman–Crippen MR) is 69.7 cm³/mol. The number of ether oxygens (including phenoxy) is 1. The molecule has 0 spiro atoms. The number of benzene rings is 1. The second-order valence-corrected chi connectivity index (χ2v) is 3.87. The molecule has 0 bridgehead atoms. The highest BCUT2D eigenvalue weighted by molar-refractivity contribution is 6.04. The van der Waals surface area contributed by atoms with Crippen molar-refractivity contribution in [3.63, 3.8) is 0 Å². The highest BCUT2D eigenvalue weighted by Crippen LogP contribution is 2.15. The molecule has 0 radical (unpaired) electrons. The molecule has 1 aromatic heterocycles. The van der Waals surface area contributed by atoms with Crippen LogP contribution < -0.4 is 10.1 Å². The minimum atomic E-state index is -1.18. The van der Waals surface area contributed by atoms with Gasteiger partial charge in [0.2, 0.25) is 5.88 Å². The number of rotatable bonds is 4. The number of carbonyl (C=O) groups is 1. The Bertz CT molecular complexity index is 615. The van der Waals surface area contributed by atoms with E-state index in [1.807, 2.05) is 6.92 Å². The van der Waals surface area contributed by atoms with Gasteiger partial charge in [-0.25, -0.2) is 13.8 Å². The normalized spacial score (nSPS) is 10.2. The fourth-order valence-electron chi connectivity index (χ4n) is 1.57. The number of pyridine rings is 1. The van der Waals surface area contributed by atoms with Gasteiger partial charge in [-0.1, -0.05) is 6.07 Å². The Hall–Kier alpha value is -2.50. The molecule has 0 saturated carbocycles. The Labute approximate surface area is 114 Å². The summed E-state index contributed by atoms with van der Waals surface area (Å²) in [6.07, 6.45) is 1.38. The van der Waals surface area contributed by atoms with Gasteiger partial charge in [0.25, 0.3) is 5.91 Å². The lowest BCUT2D eigenvalue weighted by molar-refractivity contribution is 0.102. The molecule has 2 rings (SSSR count). The first-order chi connectivity index (χ1) is 9.61. The molecule has 20 heavy (non-hydrogen) atoms. The molecule has 2 aromatic rings. The van der Waals surface area contributed by atoms with Gasteiger partial charge >= 0.3 is 0 Å². The third-order valence-corrected chi connectivity index (χ3v) is 2.48. The monoisotopic (exact) mass is 278 g/mol. The van der Waals surface area contributed by atoms with Crippen LogP contribution in [0.2, 0.25) is 0 Å². The number of hydrogen-bond donors (Lipinski definition) is 1. The van der Waals surface area contributed by atoms with Crippen molar-refractivity contribution < 1.29 is 18.3 Å². The van der Waals surface area contributed by atoms with Crippen LogP contribution in [0.4, 0.5) is 14.5 Å². The van der Waals surface area contributed by atoms with Crippen LogP contribution in [0.3, 0.4) is 0 Å². The van der Waals surface area contributed by atoms with Crippen molar-refractivity contribution in [1.82, 2.24) is 4.98 Å². The van der Waals surface area contributed by atoms with E-state index in [9.17, 15) is 13.6 Å². The van der Waals surface area contributed by atoms with E-state index in [1.165, 1.54) is 18.3 Å². The van der Waals surface area contributed by atoms with E-state index in [0.29, 0.717) is 18.2 Å². The highest BCUT2D eigenvalue weighted by atomic mass is 19.2. The Balaban J connectivity index is 2.13. The molecule has 4 nitrogen and oxygen atoms in total. The van der Waals surface area contributed by atoms with Crippen LogP contribution in [-0.4, -0.2) is 17.5 Å². The first-order valence-electron chi connectivity index (χ1n) is 5.96. The molecule has 1 aromatic carbocycles. The maximum Gasteiger partial charge on any atom is 0.258 e. The fourth-order valence-corrected chi connectivity index (χ4v) is 1.57. The smallest absolute Gasteiger partial charge is 0.258 e. The molecule has 104 valence electrons. The van der Waals surface area contributed by atoms with E-state index < -0.39 is 17.5 Å². The molecule has 0 aliphatic rings. The molecule has 0 aliphatic heterocycles. The molecular formula is C14H12F2N2O2. The van der Waals surface area contributed by atoms with E-state index in [-0.39, 0.29) is 5.56 Å². The lowest BCUT2D eigenvalue weighted by Crippen LogP contribution is -2.14. The van der Waals surface area contributed by atoms with Crippen LogP contribution in [0.1, 0.15) is 17.3 Å². The van der Waals surface area contributed by atoms with Gasteiger partial charge in [-0.2, -0.15) is 0 Å². The van der Waals surface area contributed by atoms with Gasteiger partial charge in [-0.15, -0.1) is 0 Å². The van der Waals surface area contributed by atoms with Gasteiger partial charge in [0.15, 0.2) is 11.6 Å².